The van der Waals surface area contributed by atoms with Crippen LogP contribution in [0.15, 0.2) is 83.7 Å². The van der Waals surface area contributed by atoms with Gasteiger partial charge in [0.25, 0.3) is 5.56 Å². The molecular weight excluding hydrogens is 320 g/mol. The van der Waals surface area contributed by atoms with Gasteiger partial charge >= 0.3 is 0 Å². The second kappa shape index (κ2) is 5.95. The molecule has 0 saturated carbocycles. The third-order valence-corrected chi connectivity index (χ3v) is 4.18. The van der Waals surface area contributed by atoms with Gasteiger partial charge in [-0.15, -0.1) is 0 Å². The van der Waals surface area contributed by atoms with E-state index in [4.69, 9.17) is 11.6 Å². The van der Waals surface area contributed by atoms with Crippen molar-refractivity contribution in [1.82, 2.24) is 9.78 Å². The largest absolute Gasteiger partial charge is 0.279 e. The van der Waals surface area contributed by atoms with Crippen LogP contribution in [0.2, 0.25) is 5.02 Å². The van der Waals surface area contributed by atoms with E-state index in [2.05, 4.69) is 5.10 Å². The average Bonchev–Trinajstić information content (AvgIpc) is 2.64. The van der Waals surface area contributed by atoms with E-state index in [1.165, 1.54) is 4.68 Å². The Kier molecular flexibility index (Phi) is 3.63. The van der Waals surface area contributed by atoms with Gasteiger partial charge in [0.15, 0.2) is 0 Å². The fourth-order valence-electron chi connectivity index (χ4n) is 2.76. The van der Waals surface area contributed by atoms with E-state index < -0.39 is 0 Å². The van der Waals surface area contributed by atoms with Crippen LogP contribution in [0.5, 0.6) is 0 Å². The highest BCUT2D eigenvalue weighted by molar-refractivity contribution is 6.30. The highest BCUT2D eigenvalue weighted by Crippen LogP contribution is 2.25. The molecule has 116 valence electrons. The van der Waals surface area contributed by atoms with Crippen molar-refractivity contribution in [2.24, 2.45) is 0 Å². The molecule has 4 rings (SSSR count). The molecule has 3 nitrogen and oxygen atoms in total. The van der Waals surface area contributed by atoms with E-state index >= 15 is 0 Å². The smallest absolute Gasteiger partial charge is 0.267 e. The number of benzene rings is 3. The number of hydrogen-bond acceptors (Lipinski definition) is 2. The van der Waals surface area contributed by atoms with Gasteiger partial charge in [-0.05, 0) is 30.3 Å². The number of rotatable bonds is 2. The summed E-state index contributed by atoms with van der Waals surface area (Å²) in [7, 11) is 0. The molecule has 0 radical (unpaired) electrons. The zero-order valence-electron chi connectivity index (χ0n) is 12.7. The fourth-order valence-corrected chi connectivity index (χ4v) is 2.88. The van der Waals surface area contributed by atoms with Crippen molar-refractivity contribution < 1.29 is 0 Å². The first-order valence-electron chi connectivity index (χ1n) is 7.57. The lowest BCUT2D eigenvalue weighted by molar-refractivity contribution is 0.826. The van der Waals surface area contributed by atoms with Gasteiger partial charge in [0.1, 0.15) is 0 Å². The molecule has 0 atom stereocenters. The van der Waals surface area contributed by atoms with E-state index in [-0.39, 0.29) is 5.56 Å². The predicted octanol–water partition coefficient (Wildman–Crippen LogP) is 4.71. The maximum Gasteiger partial charge on any atom is 0.279 e. The Labute approximate surface area is 143 Å². The molecule has 0 aliphatic carbocycles. The Balaban J connectivity index is 2.07. The van der Waals surface area contributed by atoms with Gasteiger partial charge in [0.05, 0.1) is 16.8 Å². The Morgan fingerprint density at radius 3 is 2.08 bits per heavy atom. The van der Waals surface area contributed by atoms with Gasteiger partial charge < -0.3 is 0 Å². The van der Waals surface area contributed by atoms with E-state index in [0.29, 0.717) is 16.1 Å². The summed E-state index contributed by atoms with van der Waals surface area (Å²) in [4.78, 5) is 12.9. The van der Waals surface area contributed by atoms with Crippen LogP contribution in [0.25, 0.3) is 27.7 Å². The van der Waals surface area contributed by atoms with Gasteiger partial charge in [-0.3, -0.25) is 4.79 Å². The van der Waals surface area contributed by atoms with Gasteiger partial charge in [-0.25, -0.2) is 0 Å². The summed E-state index contributed by atoms with van der Waals surface area (Å²) < 4.78 is 1.43. The van der Waals surface area contributed by atoms with E-state index in [9.17, 15) is 4.79 Å². The van der Waals surface area contributed by atoms with Crippen LogP contribution in [0.3, 0.4) is 0 Å². The molecule has 4 heteroatoms. The third-order valence-electron chi connectivity index (χ3n) is 3.92. The molecule has 0 unspecified atom stereocenters. The van der Waals surface area contributed by atoms with Gasteiger partial charge in [0, 0.05) is 16.0 Å². The summed E-state index contributed by atoms with van der Waals surface area (Å²) in [5.74, 6) is 0. The van der Waals surface area contributed by atoms with E-state index in [0.717, 1.165) is 16.6 Å². The summed E-state index contributed by atoms with van der Waals surface area (Å²) in [6.45, 7) is 0. The lowest BCUT2D eigenvalue weighted by atomic mass is 10.1. The summed E-state index contributed by atoms with van der Waals surface area (Å²) in [6.07, 6.45) is 0. The minimum absolute atomic E-state index is 0.146. The predicted molar refractivity (Wildman–Crippen MR) is 97.8 cm³/mol. The molecule has 1 heterocycles. The first-order chi connectivity index (χ1) is 11.7. The molecule has 3 aromatic carbocycles. The number of hydrogen-bond donors (Lipinski definition) is 0. The highest BCUT2D eigenvalue weighted by Gasteiger charge is 2.12. The SMILES string of the molecule is O=c1c2ccccc2c(-c2ccccc2)nn1-c1ccc(Cl)cc1. The number of fused-ring (bicyclic) bond motifs is 1. The molecular formula is C20H13ClN2O. The minimum Gasteiger partial charge on any atom is -0.267 e. The molecule has 0 saturated heterocycles. The van der Waals surface area contributed by atoms with Crippen molar-refractivity contribution in [3.63, 3.8) is 0 Å². The van der Waals surface area contributed by atoms with E-state index in [1.807, 2.05) is 54.6 Å². The molecule has 0 aliphatic heterocycles. The molecule has 0 fully saturated rings. The number of aromatic nitrogens is 2. The molecule has 4 aromatic rings. The first kappa shape index (κ1) is 14.7. The Morgan fingerprint density at radius 1 is 0.750 bits per heavy atom. The Bertz CT molecular complexity index is 1070. The van der Waals surface area contributed by atoms with Crippen molar-refractivity contribution in [3.05, 3.63) is 94.2 Å². The van der Waals surface area contributed by atoms with Crippen LogP contribution in [0.1, 0.15) is 0 Å². The number of halogens is 1. The first-order valence-corrected chi connectivity index (χ1v) is 7.95. The minimum atomic E-state index is -0.146. The van der Waals surface area contributed by atoms with Crippen molar-refractivity contribution >= 4 is 22.4 Å². The maximum absolute atomic E-state index is 12.9. The maximum atomic E-state index is 12.9. The van der Waals surface area contributed by atoms with Crippen LogP contribution >= 0.6 is 11.6 Å². The van der Waals surface area contributed by atoms with Gasteiger partial charge in [0.2, 0.25) is 0 Å². The molecule has 0 bridgehead atoms. The molecule has 0 amide bonds. The number of nitrogens with zero attached hydrogens (tertiary/aromatic N) is 2. The Hall–Kier alpha value is -2.91. The topological polar surface area (TPSA) is 34.9 Å². The van der Waals surface area contributed by atoms with Crippen molar-refractivity contribution in [1.29, 1.82) is 0 Å². The highest BCUT2D eigenvalue weighted by atomic mass is 35.5. The monoisotopic (exact) mass is 332 g/mol. The average molecular weight is 333 g/mol. The molecule has 1 aromatic heterocycles. The van der Waals surface area contributed by atoms with Crippen LogP contribution < -0.4 is 5.56 Å². The second-order valence-corrected chi connectivity index (χ2v) is 5.89. The summed E-state index contributed by atoms with van der Waals surface area (Å²) >= 11 is 5.95. The van der Waals surface area contributed by atoms with Gasteiger partial charge in [-0.2, -0.15) is 9.78 Å². The molecule has 0 aliphatic rings. The van der Waals surface area contributed by atoms with E-state index in [1.54, 1.807) is 24.3 Å². The van der Waals surface area contributed by atoms with Crippen LogP contribution in [0.4, 0.5) is 0 Å². The van der Waals surface area contributed by atoms with Crippen LogP contribution in [-0.2, 0) is 0 Å². The normalized spacial score (nSPS) is 10.9. The van der Waals surface area contributed by atoms with Gasteiger partial charge in [-0.1, -0.05) is 60.1 Å². The lowest BCUT2D eigenvalue weighted by Gasteiger charge is -2.11. The lowest BCUT2D eigenvalue weighted by Crippen LogP contribution is -2.22. The molecule has 0 spiro atoms. The zero-order chi connectivity index (χ0) is 16.5. The fraction of sp³-hybridized carbons (Fsp3) is 0. The molecule has 24 heavy (non-hydrogen) atoms. The van der Waals surface area contributed by atoms with Crippen LogP contribution in [-0.4, -0.2) is 9.78 Å². The quantitative estimate of drug-likeness (QED) is 0.533. The summed E-state index contributed by atoms with van der Waals surface area (Å²) in [5, 5.41) is 6.74. The van der Waals surface area contributed by atoms with Crippen LogP contribution in [0, 0.1) is 0 Å². The van der Waals surface area contributed by atoms with Crippen molar-refractivity contribution in [3.8, 4) is 16.9 Å². The zero-order valence-corrected chi connectivity index (χ0v) is 13.4. The second-order valence-electron chi connectivity index (χ2n) is 5.45. The molecule has 0 N–H and O–H groups in total. The summed E-state index contributed by atoms with van der Waals surface area (Å²) in [6, 6.07) is 24.5. The standard InChI is InChI=1S/C20H13ClN2O/c21-15-10-12-16(13-11-15)23-20(24)18-9-5-4-8-17(18)19(22-23)14-6-2-1-3-7-14/h1-13H. The van der Waals surface area contributed by atoms with Crippen molar-refractivity contribution in [2.45, 2.75) is 0 Å². The Morgan fingerprint density at radius 2 is 1.38 bits per heavy atom. The van der Waals surface area contributed by atoms with Crippen molar-refractivity contribution in [2.75, 3.05) is 0 Å². The summed E-state index contributed by atoms with van der Waals surface area (Å²) in [5.41, 5.74) is 2.29. The third kappa shape index (κ3) is 2.49.